The summed E-state index contributed by atoms with van der Waals surface area (Å²) in [6, 6.07) is 4.08. The van der Waals surface area contributed by atoms with Crippen LogP contribution in [-0.2, 0) is 0 Å². The third-order valence-electron chi connectivity index (χ3n) is 2.45. The highest BCUT2D eigenvalue weighted by Crippen LogP contribution is 2.29. The largest absolute Gasteiger partial charge is 0.308 e. The molecule has 0 aliphatic carbocycles. The predicted molar refractivity (Wildman–Crippen MR) is 72.4 cm³/mol. The maximum absolute atomic E-state index is 5.40. The van der Waals surface area contributed by atoms with E-state index in [-0.39, 0.29) is 0 Å². The number of aryl methyl sites for hydroxylation is 2. The van der Waals surface area contributed by atoms with Crippen molar-refractivity contribution in [1.29, 1.82) is 0 Å². The van der Waals surface area contributed by atoms with Gasteiger partial charge in [-0.25, -0.2) is 20.8 Å². The minimum absolute atomic E-state index is 0.636. The summed E-state index contributed by atoms with van der Waals surface area (Å²) >= 11 is 1.51. The highest BCUT2D eigenvalue weighted by atomic mass is 32.2. The third kappa shape index (κ3) is 2.77. The van der Waals surface area contributed by atoms with E-state index in [1.807, 2.05) is 26.0 Å². The van der Waals surface area contributed by atoms with E-state index < -0.39 is 0 Å². The average Bonchev–Trinajstić information content (AvgIpc) is 2.30. The van der Waals surface area contributed by atoms with Gasteiger partial charge in [-0.15, -0.1) is 0 Å². The van der Waals surface area contributed by atoms with Gasteiger partial charge in [-0.1, -0.05) is 0 Å². The van der Waals surface area contributed by atoms with Gasteiger partial charge in [0, 0.05) is 11.3 Å². The molecule has 2 aromatic heterocycles. The summed E-state index contributed by atoms with van der Waals surface area (Å²) in [5.41, 5.74) is 5.67. The fraction of sp³-hybridized carbons (Fsp3) is 0.250. The zero-order valence-electron chi connectivity index (χ0n) is 10.6. The Labute approximate surface area is 110 Å². The normalized spacial score (nSPS) is 10.4. The summed E-state index contributed by atoms with van der Waals surface area (Å²) in [4.78, 5) is 12.8. The molecule has 6 heteroatoms. The van der Waals surface area contributed by atoms with Crippen LogP contribution in [0.2, 0.25) is 0 Å². The van der Waals surface area contributed by atoms with Gasteiger partial charge in [0.1, 0.15) is 22.2 Å². The highest BCUT2D eigenvalue weighted by Gasteiger charge is 2.09. The highest BCUT2D eigenvalue weighted by molar-refractivity contribution is 7.99. The van der Waals surface area contributed by atoms with Gasteiger partial charge in [-0.05, 0) is 50.2 Å². The zero-order valence-corrected chi connectivity index (χ0v) is 11.4. The number of rotatable bonds is 3. The Bertz CT molecular complexity index is 550. The molecule has 0 radical (unpaired) electrons. The standard InChI is InChI=1S/C12H15N5S/c1-7-4-8(2)16-10(5-7)18-12-9(3)11(17-13)14-6-15-12/h4-6H,13H2,1-3H3,(H,14,15,17). The SMILES string of the molecule is Cc1cc(C)nc(Sc2ncnc(NN)c2C)c1. The van der Waals surface area contributed by atoms with Crippen LogP contribution >= 0.6 is 11.8 Å². The van der Waals surface area contributed by atoms with Crippen molar-refractivity contribution in [2.45, 2.75) is 30.8 Å². The van der Waals surface area contributed by atoms with Crippen LogP contribution in [0.5, 0.6) is 0 Å². The molecule has 0 bridgehead atoms. The summed E-state index contributed by atoms with van der Waals surface area (Å²) in [5, 5.41) is 1.78. The van der Waals surface area contributed by atoms with E-state index in [0.29, 0.717) is 5.82 Å². The van der Waals surface area contributed by atoms with Crippen LogP contribution < -0.4 is 11.3 Å². The quantitative estimate of drug-likeness (QED) is 0.501. The van der Waals surface area contributed by atoms with Gasteiger partial charge in [0.25, 0.3) is 0 Å². The van der Waals surface area contributed by atoms with Crippen LogP contribution in [0.4, 0.5) is 5.82 Å². The molecule has 0 amide bonds. The summed E-state index contributed by atoms with van der Waals surface area (Å²) < 4.78 is 0. The number of nitrogens with one attached hydrogen (secondary N) is 1. The minimum Gasteiger partial charge on any atom is -0.308 e. The van der Waals surface area contributed by atoms with Gasteiger partial charge in [-0.3, -0.25) is 0 Å². The van der Waals surface area contributed by atoms with Crippen LogP contribution in [0.3, 0.4) is 0 Å². The molecule has 0 saturated carbocycles. The first kappa shape index (κ1) is 12.8. The van der Waals surface area contributed by atoms with Crippen molar-refractivity contribution < 1.29 is 0 Å². The first-order valence-corrected chi connectivity index (χ1v) is 6.33. The maximum Gasteiger partial charge on any atom is 0.147 e. The lowest BCUT2D eigenvalue weighted by Gasteiger charge is -2.08. The molecule has 0 fully saturated rings. The summed E-state index contributed by atoms with van der Waals surface area (Å²) in [6.07, 6.45) is 1.49. The topological polar surface area (TPSA) is 76.7 Å². The van der Waals surface area contributed by atoms with Crippen LogP contribution in [0.25, 0.3) is 0 Å². The fourth-order valence-electron chi connectivity index (χ4n) is 1.64. The van der Waals surface area contributed by atoms with Crippen molar-refractivity contribution in [1.82, 2.24) is 15.0 Å². The van der Waals surface area contributed by atoms with Crippen LogP contribution in [0.1, 0.15) is 16.8 Å². The molecule has 94 valence electrons. The van der Waals surface area contributed by atoms with Gasteiger partial charge in [-0.2, -0.15) is 0 Å². The molecule has 0 aromatic carbocycles. The molecule has 5 nitrogen and oxygen atoms in total. The molecule has 2 rings (SSSR count). The Morgan fingerprint density at radius 1 is 1.17 bits per heavy atom. The van der Waals surface area contributed by atoms with Gasteiger partial charge in [0.05, 0.1) is 0 Å². The van der Waals surface area contributed by atoms with E-state index >= 15 is 0 Å². The zero-order chi connectivity index (χ0) is 13.1. The van der Waals surface area contributed by atoms with E-state index in [0.717, 1.165) is 21.3 Å². The Morgan fingerprint density at radius 3 is 2.61 bits per heavy atom. The smallest absolute Gasteiger partial charge is 0.147 e. The molecule has 0 saturated heterocycles. The van der Waals surface area contributed by atoms with E-state index in [9.17, 15) is 0 Å². The van der Waals surface area contributed by atoms with Crippen molar-refractivity contribution in [3.05, 3.63) is 35.3 Å². The number of hydrogen-bond acceptors (Lipinski definition) is 6. The number of nitrogens with zero attached hydrogens (tertiary/aromatic N) is 3. The molecular weight excluding hydrogens is 246 g/mol. The second kappa shape index (κ2) is 5.32. The van der Waals surface area contributed by atoms with E-state index in [1.54, 1.807) is 0 Å². The van der Waals surface area contributed by atoms with Crippen molar-refractivity contribution in [2.24, 2.45) is 5.84 Å². The molecule has 0 atom stereocenters. The lowest BCUT2D eigenvalue weighted by atomic mass is 10.3. The molecule has 2 aromatic rings. The minimum atomic E-state index is 0.636. The maximum atomic E-state index is 5.40. The first-order chi connectivity index (χ1) is 8.60. The number of pyridine rings is 1. The summed E-state index contributed by atoms with van der Waals surface area (Å²) in [5.74, 6) is 6.03. The molecule has 0 unspecified atom stereocenters. The Balaban J connectivity index is 2.34. The van der Waals surface area contributed by atoms with Gasteiger partial charge in [0.15, 0.2) is 0 Å². The summed E-state index contributed by atoms with van der Waals surface area (Å²) in [7, 11) is 0. The Morgan fingerprint density at radius 2 is 1.94 bits per heavy atom. The van der Waals surface area contributed by atoms with E-state index in [4.69, 9.17) is 5.84 Å². The van der Waals surface area contributed by atoms with Gasteiger partial charge in [0.2, 0.25) is 0 Å². The Kier molecular flexibility index (Phi) is 3.78. The van der Waals surface area contributed by atoms with Crippen molar-refractivity contribution >= 4 is 17.6 Å². The Hall–Kier alpha value is -1.66. The van der Waals surface area contributed by atoms with Crippen LogP contribution in [0.15, 0.2) is 28.5 Å². The number of anilines is 1. The average molecular weight is 261 g/mol. The van der Waals surface area contributed by atoms with Crippen molar-refractivity contribution in [3.8, 4) is 0 Å². The van der Waals surface area contributed by atoms with Crippen LogP contribution in [0, 0.1) is 20.8 Å². The lowest BCUT2D eigenvalue weighted by molar-refractivity contribution is 0.984. The molecule has 0 aliphatic heterocycles. The first-order valence-electron chi connectivity index (χ1n) is 5.51. The molecule has 0 spiro atoms. The monoisotopic (exact) mass is 261 g/mol. The van der Waals surface area contributed by atoms with Crippen molar-refractivity contribution in [2.75, 3.05) is 5.43 Å². The molecule has 0 aliphatic rings. The third-order valence-corrected chi connectivity index (χ3v) is 3.47. The number of nitrogens with two attached hydrogens (primary N) is 1. The molecule has 3 N–H and O–H groups in total. The second-order valence-corrected chi connectivity index (χ2v) is 5.03. The lowest BCUT2D eigenvalue weighted by Crippen LogP contribution is -2.10. The predicted octanol–water partition coefficient (Wildman–Crippen LogP) is 2.23. The van der Waals surface area contributed by atoms with Gasteiger partial charge >= 0.3 is 0 Å². The number of hydrazine groups is 1. The van der Waals surface area contributed by atoms with Crippen LogP contribution in [-0.4, -0.2) is 15.0 Å². The molecular formula is C12H15N5S. The number of aromatic nitrogens is 3. The molecule has 18 heavy (non-hydrogen) atoms. The van der Waals surface area contributed by atoms with Gasteiger partial charge < -0.3 is 5.43 Å². The van der Waals surface area contributed by atoms with Crippen molar-refractivity contribution in [3.63, 3.8) is 0 Å². The number of hydrogen-bond donors (Lipinski definition) is 2. The second-order valence-electron chi connectivity index (χ2n) is 4.02. The fourth-order valence-corrected chi connectivity index (χ4v) is 2.62. The van der Waals surface area contributed by atoms with E-state index in [1.165, 1.54) is 23.7 Å². The number of nitrogen functional groups attached to an aromatic ring is 1. The summed E-state index contributed by atoms with van der Waals surface area (Å²) in [6.45, 7) is 5.97. The molecule has 2 heterocycles. The van der Waals surface area contributed by atoms with E-state index in [2.05, 4.69) is 27.3 Å².